The van der Waals surface area contributed by atoms with E-state index >= 15 is 0 Å². The summed E-state index contributed by atoms with van der Waals surface area (Å²) >= 11 is 0. The lowest BCUT2D eigenvalue weighted by atomic mass is 9.88. The molecule has 110 valence electrons. The molecule has 0 N–H and O–H groups in total. The number of ether oxygens (including phenoxy) is 1. The summed E-state index contributed by atoms with van der Waals surface area (Å²) in [7, 11) is 0. The molecule has 0 radical (unpaired) electrons. The Labute approximate surface area is 121 Å². The first-order valence-electron chi connectivity index (χ1n) is 7.24. The van der Waals surface area contributed by atoms with E-state index in [4.69, 9.17) is 4.74 Å². The Morgan fingerprint density at radius 3 is 2.50 bits per heavy atom. The van der Waals surface area contributed by atoms with Crippen LogP contribution in [0.15, 0.2) is 18.5 Å². The molecule has 1 aliphatic rings. The fourth-order valence-electron chi connectivity index (χ4n) is 2.37. The van der Waals surface area contributed by atoms with Gasteiger partial charge in [-0.3, -0.25) is 9.78 Å². The van der Waals surface area contributed by atoms with Gasteiger partial charge in [-0.25, -0.2) is 0 Å². The van der Waals surface area contributed by atoms with Crippen LogP contribution in [-0.4, -0.2) is 35.0 Å². The van der Waals surface area contributed by atoms with Gasteiger partial charge in [0.15, 0.2) is 0 Å². The van der Waals surface area contributed by atoms with E-state index in [0.29, 0.717) is 0 Å². The minimum Gasteiger partial charge on any atom is -0.489 e. The number of rotatable bonds is 2. The van der Waals surface area contributed by atoms with Crippen molar-refractivity contribution in [2.45, 2.75) is 52.1 Å². The lowest BCUT2D eigenvalue weighted by Gasteiger charge is -2.31. The van der Waals surface area contributed by atoms with Crippen molar-refractivity contribution in [2.24, 2.45) is 0 Å². The molecule has 1 aliphatic heterocycles. The molecular formula is C16H24N2O2. The molecule has 4 nitrogen and oxygen atoms in total. The highest BCUT2D eigenvalue weighted by molar-refractivity contribution is 5.73. The second-order valence-corrected chi connectivity index (χ2v) is 6.48. The van der Waals surface area contributed by atoms with E-state index in [1.54, 1.807) is 13.1 Å². The molecule has 1 saturated heterocycles. The molecule has 0 atom stereocenters. The summed E-state index contributed by atoms with van der Waals surface area (Å²) in [5, 5.41) is 0. The molecule has 0 spiro atoms. The van der Waals surface area contributed by atoms with Gasteiger partial charge in [0.05, 0.1) is 6.20 Å². The number of hydrogen-bond acceptors (Lipinski definition) is 3. The molecule has 2 heterocycles. The number of carbonyl (C=O) groups is 1. The van der Waals surface area contributed by atoms with E-state index in [1.807, 2.05) is 11.1 Å². The summed E-state index contributed by atoms with van der Waals surface area (Å²) < 4.78 is 6.02. The van der Waals surface area contributed by atoms with Gasteiger partial charge in [0, 0.05) is 39.1 Å². The van der Waals surface area contributed by atoms with Crippen molar-refractivity contribution in [1.82, 2.24) is 9.88 Å². The Bertz CT molecular complexity index is 472. The molecule has 1 aromatic heterocycles. The van der Waals surface area contributed by atoms with Gasteiger partial charge >= 0.3 is 0 Å². The van der Waals surface area contributed by atoms with Crippen LogP contribution in [0, 0.1) is 0 Å². The van der Waals surface area contributed by atoms with Crippen LogP contribution in [0.5, 0.6) is 5.75 Å². The monoisotopic (exact) mass is 276 g/mol. The van der Waals surface area contributed by atoms with Crippen LogP contribution in [-0.2, 0) is 10.2 Å². The zero-order valence-electron chi connectivity index (χ0n) is 12.8. The van der Waals surface area contributed by atoms with Crippen molar-refractivity contribution >= 4 is 5.91 Å². The zero-order chi connectivity index (χ0) is 14.8. The maximum atomic E-state index is 11.3. The normalized spacial score (nSPS) is 17.1. The van der Waals surface area contributed by atoms with Crippen LogP contribution >= 0.6 is 0 Å². The lowest BCUT2D eigenvalue weighted by Crippen LogP contribution is -2.40. The Kier molecular flexibility index (Phi) is 4.31. The summed E-state index contributed by atoms with van der Waals surface area (Å²) in [5.74, 6) is 0.985. The summed E-state index contributed by atoms with van der Waals surface area (Å²) in [6.45, 7) is 9.69. The summed E-state index contributed by atoms with van der Waals surface area (Å²) in [4.78, 5) is 17.4. The number of piperidine rings is 1. The van der Waals surface area contributed by atoms with Gasteiger partial charge in [0.2, 0.25) is 5.91 Å². The van der Waals surface area contributed by atoms with Crippen molar-refractivity contribution in [2.75, 3.05) is 13.1 Å². The van der Waals surface area contributed by atoms with Gasteiger partial charge in [0.25, 0.3) is 0 Å². The van der Waals surface area contributed by atoms with Gasteiger partial charge in [-0.15, -0.1) is 0 Å². The molecule has 1 aromatic rings. The summed E-state index contributed by atoms with van der Waals surface area (Å²) in [5.41, 5.74) is 1.25. The molecule has 0 bridgehead atoms. The van der Waals surface area contributed by atoms with Crippen LogP contribution in [0.1, 0.15) is 46.1 Å². The number of hydrogen-bond donors (Lipinski definition) is 0. The molecular weight excluding hydrogens is 252 g/mol. The van der Waals surface area contributed by atoms with Crippen LogP contribution in [0.25, 0.3) is 0 Å². The predicted molar refractivity (Wildman–Crippen MR) is 78.8 cm³/mol. The fourth-order valence-corrected chi connectivity index (χ4v) is 2.37. The lowest BCUT2D eigenvalue weighted by molar-refractivity contribution is -0.130. The highest BCUT2D eigenvalue weighted by Crippen LogP contribution is 2.26. The minimum absolute atomic E-state index is 0.0738. The van der Waals surface area contributed by atoms with Gasteiger partial charge in [-0.05, 0) is 17.0 Å². The average Bonchev–Trinajstić information content (AvgIpc) is 2.38. The highest BCUT2D eigenvalue weighted by atomic mass is 16.5. The Morgan fingerprint density at radius 2 is 1.95 bits per heavy atom. The second kappa shape index (κ2) is 5.81. The Balaban J connectivity index is 1.96. The number of pyridine rings is 1. The van der Waals surface area contributed by atoms with Crippen LogP contribution in [0.4, 0.5) is 0 Å². The third kappa shape index (κ3) is 3.71. The van der Waals surface area contributed by atoms with Gasteiger partial charge < -0.3 is 9.64 Å². The smallest absolute Gasteiger partial charge is 0.219 e. The van der Waals surface area contributed by atoms with E-state index in [1.165, 1.54) is 5.56 Å². The van der Waals surface area contributed by atoms with Crippen LogP contribution < -0.4 is 4.74 Å². The van der Waals surface area contributed by atoms with Gasteiger partial charge in [-0.1, -0.05) is 20.8 Å². The molecule has 4 heteroatoms. The quantitative estimate of drug-likeness (QED) is 0.834. The molecule has 0 aromatic carbocycles. The molecule has 20 heavy (non-hydrogen) atoms. The van der Waals surface area contributed by atoms with Crippen LogP contribution in [0.3, 0.4) is 0 Å². The number of amides is 1. The van der Waals surface area contributed by atoms with Crippen molar-refractivity contribution in [1.29, 1.82) is 0 Å². The first-order valence-corrected chi connectivity index (χ1v) is 7.24. The first kappa shape index (κ1) is 14.8. The molecule has 0 aliphatic carbocycles. The largest absolute Gasteiger partial charge is 0.489 e. The average molecular weight is 276 g/mol. The number of nitrogens with zero attached hydrogens (tertiary/aromatic N) is 2. The summed E-state index contributed by atoms with van der Waals surface area (Å²) in [6.07, 6.45) is 5.62. The molecule has 1 fully saturated rings. The van der Waals surface area contributed by atoms with Crippen LogP contribution in [0.2, 0.25) is 0 Å². The Morgan fingerprint density at radius 1 is 1.30 bits per heavy atom. The predicted octanol–water partition coefficient (Wildman–Crippen LogP) is 2.77. The SMILES string of the molecule is CC(=O)N1CCC(Oc2cncc(C(C)(C)C)c2)CC1. The van der Waals surface area contributed by atoms with Gasteiger partial charge in [-0.2, -0.15) is 0 Å². The van der Waals surface area contributed by atoms with Crippen molar-refractivity contribution in [3.05, 3.63) is 24.0 Å². The third-order valence-electron chi connectivity index (χ3n) is 3.77. The maximum Gasteiger partial charge on any atom is 0.219 e. The number of likely N-dealkylation sites (tertiary alicyclic amines) is 1. The Hall–Kier alpha value is -1.58. The van der Waals surface area contributed by atoms with E-state index in [2.05, 4.69) is 31.8 Å². The molecule has 1 amide bonds. The minimum atomic E-state index is 0.0738. The summed E-state index contributed by atoms with van der Waals surface area (Å²) in [6, 6.07) is 2.07. The zero-order valence-corrected chi connectivity index (χ0v) is 12.8. The third-order valence-corrected chi connectivity index (χ3v) is 3.77. The van der Waals surface area contributed by atoms with Gasteiger partial charge in [0.1, 0.15) is 11.9 Å². The maximum absolute atomic E-state index is 11.3. The topological polar surface area (TPSA) is 42.4 Å². The second-order valence-electron chi connectivity index (χ2n) is 6.48. The van der Waals surface area contributed by atoms with E-state index < -0.39 is 0 Å². The van der Waals surface area contributed by atoms with E-state index in [-0.39, 0.29) is 17.4 Å². The standard InChI is InChI=1S/C16H24N2O2/c1-12(19)18-7-5-14(6-8-18)20-15-9-13(10-17-11-15)16(2,3)4/h9-11,14H,5-8H2,1-4H3. The van der Waals surface area contributed by atoms with E-state index in [9.17, 15) is 4.79 Å². The molecule has 2 rings (SSSR count). The highest BCUT2D eigenvalue weighted by Gasteiger charge is 2.22. The van der Waals surface area contributed by atoms with Crippen molar-refractivity contribution in [3.8, 4) is 5.75 Å². The van der Waals surface area contributed by atoms with Crippen molar-refractivity contribution < 1.29 is 9.53 Å². The number of aromatic nitrogens is 1. The van der Waals surface area contributed by atoms with Crippen molar-refractivity contribution in [3.63, 3.8) is 0 Å². The number of carbonyl (C=O) groups excluding carboxylic acids is 1. The first-order chi connectivity index (χ1) is 9.36. The molecule has 0 saturated carbocycles. The fraction of sp³-hybridized carbons (Fsp3) is 0.625. The van der Waals surface area contributed by atoms with E-state index in [0.717, 1.165) is 31.7 Å². The molecule has 0 unspecified atom stereocenters.